The Kier molecular flexibility index (Phi) is 8.35. The fourth-order valence-corrected chi connectivity index (χ4v) is 7.35. The highest BCUT2D eigenvalue weighted by molar-refractivity contribution is 5.94. The Morgan fingerprint density at radius 1 is 1.03 bits per heavy atom. The van der Waals surface area contributed by atoms with Crippen molar-refractivity contribution in [2.24, 2.45) is 11.8 Å². The van der Waals surface area contributed by atoms with Gasteiger partial charge in [0.1, 0.15) is 0 Å². The number of aromatic nitrogens is 1. The zero-order valence-corrected chi connectivity index (χ0v) is 21.2. The van der Waals surface area contributed by atoms with Crippen LogP contribution in [0.4, 0.5) is 0 Å². The van der Waals surface area contributed by atoms with Crippen molar-refractivity contribution in [3.05, 3.63) is 30.1 Å². The lowest BCUT2D eigenvalue weighted by molar-refractivity contribution is -0.121. The number of pyridine rings is 1. The summed E-state index contributed by atoms with van der Waals surface area (Å²) in [6, 6.07) is 4.57. The van der Waals surface area contributed by atoms with Crippen molar-refractivity contribution >= 4 is 11.8 Å². The monoisotopic (exact) mass is 481 g/mol. The molecular weight excluding hydrogens is 438 g/mol. The van der Waals surface area contributed by atoms with Crippen LogP contribution in [0.2, 0.25) is 0 Å². The fourth-order valence-electron chi connectivity index (χ4n) is 7.35. The summed E-state index contributed by atoms with van der Waals surface area (Å²) >= 11 is 0. The standard InChI is InChI=1S/C28H43N5O2/c34-26(30-14-19-31-15-2-1-3-16-31)12-4-11-25-24-10-7-18-32-17-6-9-23(27(24)32)21-33(25)28(35)22-8-5-13-29-20-22/h5,8,13,20,23-25,27H,1-4,6-7,9-12,14-19,21H2,(H,30,34)/t23-,24+,25+,27-/m0/s1. The average molecular weight is 482 g/mol. The van der Waals surface area contributed by atoms with Crippen LogP contribution in [0, 0.1) is 11.8 Å². The lowest BCUT2D eigenvalue weighted by Gasteiger charge is -2.57. The van der Waals surface area contributed by atoms with Crippen LogP contribution < -0.4 is 5.32 Å². The predicted octanol–water partition coefficient (Wildman–Crippen LogP) is 3.17. The minimum atomic E-state index is 0.121. The van der Waals surface area contributed by atoms with Crippen LogP contribution in [0.15, 0.2) is 24.5 Å². The number of nitrogens with one attached hydrogen (secondary N) is 1. The van der Waals surface area contributed by atoms with Crippen LogP contribution in [0.5, 0.6) is 0 Å². The fraction of sp³-hybridized carbons (Fsp3) is 0.750. The van der Waals surface area contributed by atoms with E-state index in [2.05, 4.69) is 25.0 Å². The number of rotatable bonds is 8. The molecule has 0 radical (unpaired) electrons. The van der Waals surface area contributed by atoms with E-state index in [0.29, 0.717) is 29.9 Å². The number of likely N-dealkylation sites (tertiary alicyclic amines) is 2. The number of piperidine rings is 4. The van der Waals surface area contributed by atoms with E-state index in [9.17, 15) is 9.59 Å². The normalized spacial score (nSPS) is 29.4. The summed E-state index contributed by atoms with van der Waals surface area (Å²) < 4.78 is 0. The summed E-state index contributed by atoms with van der Waals surface area (Å²) in [7, 11) is 0. The van der Waals surface area contributed by atoms with Gasteiger partial charge in [-0.3, -0.25) is 19.5 Å². The molecule has 192 valence electrons. The zero-order chi connectivity index (χ0) is 24.0. The molecule has 4 saturated heterocycles. The second-order valence-electron chi connectivity index (χ2n) is 11.1. The van der Waals surface area contributed by atoms with E-state index in [-0.39, 0.29) is 17.9 Å². The minimum Gasteiger partial charge on any atom is -0.355 e. The Labute approximate surface area is 210 Å². The number of amides is 2. The van der Waals surface area contributed by atoms with Crippen molar-refractivity contribution in [1.29, 1.82) is 0 Å². The van der Waals surface area contributed by atoms with E-state index in [1.165, 1.54) is 71.1 Å². The van der Waals surface area contributed by atoms with Crippen molar-refractivity contribution in [3.63, 3.8) is 0 Å². The third-order valence-corrected chi connectivity index (χ3v) is 8.94. The van der Waals surface area contributed by atoms with Gasteiger partial charge in [-0.15, -0.1) is 0 Å². The van der Waals surface area contributed by atoms with Crippen LogP contribution in [0.1, 0.15) is 74.6 Å². The summed E-state index contributed by atoms with van der Waals surface area (Å²) in [5.41, 5.74) is 0.690. The molecular formula is C28H43N5O2. The summed E-state index contributed by atoms with van der Waals surface area (Å²) in [4.78, 5) is 37.8. The van der Waals surface area contributed by atoms with Crippen LogP contribution in [-0.2, 0) is 4.79 Å². The second-order valence-corrected chi connectivity index (χ2v) is 11.1. The molecule has 4 atom stereocenters. The Morgan fingerprint density at radius 3 is 2.66 bits per heavy atom. The molecule has 0 unspecified atom stereocenters. The molecule has 7 heteroatoms. The first-order valence-electron chi connectivity index (χ1n) is 14.1. The smallest absolute Gasteiger partial charge is 0.255 e. The molecule has 35 heavy (non-hydrogen) atoms. The molecule has 0 saturated carbocycles. The maximum absolute atomic E-state index is 13.6. The van der Waals surface area contributed by atoms with E-state index < -0.39 is 0 Å². The molecule has 4 fully saturated rings. The summed E-state index contributed by atoms with van der Waals surface area (Å²) in [6.07, 6.45) is 14.5. The highest BCUT2D eigenvalue weighted by Crippen LogP contribution is 2.43. The molecule has 0 spiro atoms. The molecule has 5 rings (SSSR count). The Hall–Kier alpha value is -1.99. The third kappa shape index (κ3) is 5.88. The van der Waals surface area contributed by atoms with E-state index in [1.54, 1.807) is 12.4 Å². The van der Waals surface area contributed by atoms with Gasteiger partial charge in [-0.1, -0.05) is 6.42 Å². The van der Waals surface area contributed by atoms with Gasteiger partial charge in [0.2, 0.25) is 5.91 Å². The number of carbonyl (C=O) groups is 2. The molecule has 1 N–H and O–H groups in total. The largest absolute Gasteiger partial charge is 0.355 e. The van der Waals surface area contributed by atoms with Crippen molar-refractivity contribution in [2.45, 2.75) is 76.3 Å². The molecule has 5 heterocycles. The molecule has 0 bridgehead atoms. The molecule has 1 aromatic rings. The van der Waals surface area contributed by atoms with E-state index in [4.69, 9.17) is 0 Å². The highest BCUT2D eigenvalue weighted by Gasteiger charge is 2.49. The minimum absolute atomic E-state index is 0.121. The van der Waals surface area contributed by atoms with Crippen molar-refractivity contribution in [2.75, 3.05) is 45.8 Å². The van der Waals surface area contributed by atoms with Gasteiger partial charge in [0.25, 0.3) is 5.91 Å². The van der Waals surface area contributed by atoms with Gasteiger partial charge < -0.3 is 15.1 Å². The number of hydrogen-bond donors (Lipinski definition) is 1. The topological polar surface area (TPSA) is 68.8 Å². The van der Waals surface area contributed by atoms with E-state index >= 15 is 0 Å². The van der Waals surface area contributed by atoms with Crippen molar-refractivity contribution in [3.8, 4) is 0 Å². The first kappa shape index (κ1) is 24.7. The number of carbonyl (C=O) groups excluding carboxylic acids is 2. The van der Waals surface area contributed by atoms with Crippen LogP contribution >= 0.6 is 0 Å². The quantitative estimate of drug-likeness (QED) is 0.618. The van der Waals surface area contributed by atoms with Gasteiger partial charge in [0.05, 0.1) is 5.56 Å². The van der Waals surface area contributed by atoms with Crippen molar-refractivity contribution in [1.82, 2.24) is 25.0 Å². The molecule has 7 nitrogen and oxygen atoms in total. The molecule has 4 aliphatic rings. The Balaban J connectivity index is 1.20. The molecule has 0 aromatic carbocycles. The van der Waals surface area contributed by atoms with Gasteiger partial charge in [-0.2, -0.15) is 0 Å². The maximum atomic E-state index is 13.6. The molecule has 0 aliphatic carbocycles. The first-order valence-corrected chi connectivity index (χ1v) is 14.1. The van der Waals surface area contributed by atoms with E-state index in [1.807, 2.05) is 12.1 Å². The Bertz CT molecular complexity index is 841. The van der Waals surface area contributed by atoms with Gasteiger partial charge >= 0.3 is 0 Å². The average Bonchev–Trinajstić information content (AvgIpc) is 2.90. The second kappa shape index (κ2) is 11.8. The molecule has 2 amide bonds. The zero-order valence-electron chi connectivity index (χ0n) is 21.2. The van der Waals surface area contributed by atoms with E-state index in [0.717, 1.165) is 32.5 Å². The summed E-state index contributed by atoms with van der Waals surface area (Å²) in [5, 5.41) is 3.14. The lowest BCUT2D eigenvalue weighted by atomic mass is 9.69. The van der Waals surface area contributed by atoms with Crippen molar-refractivity contribution < 1.29 is 9.59 Å². The summed E-state index contributed by atoms with van der Waals surface area (Å²) in [6.45, 7) is 7.30. The SMILES string of the molecule is O=C(CCC[C@@H]1[C@H]2CCCN3CCC[C@@H](CN1C(=O)c1cccnc1)[C@@H]23)NCCN1CCCCC1. The van der Waals surface area contributed by atoms with Crippen LogP contribution in [0.3, 0.4) is 0 Å². The summed E-state index contributed by atoms with van der Waals surface area (Å²) in [5.74, 6) is 1.37. The third-order valence-electron chi connectivity index (χ3n) is 8.94. The van der Waals surface area contributed by atoms with Gasteiger partial charge in [0.15, 0.2) is 0 Å². The lowest BCUT2D eigenvalue weighted by Crippen LogP contribution is -2.65. The van der Waals surface area contributed by atoms with Crippen LogP contribution in [-0.4, -0.2) is 89.4 Å². The predicted molar refractivity (Wildman–Crippen MR) is 137 cm³/mol. The molecule has 1 aromatic heterocycles. The number of nitrogens with zero attached hydrogens (tertiary/aromatic N) is 4. The van der Waals surface area contributed by atoms with Gasteiger partial charge in [-0.05, 0) is 102 Å². The molecule has 4 aliphatic heterocycles. The highest BCUT2D eigenvalue weighted by atomic mass is 16.2. The number of hydrogen-bond acceptors (Lipinski definition) is 5. The van der Waals surface area contributed by atoms with Crippen LogP contribution in [0.25, 0.3) is 0 Å². The Morgan fingerprint density at radius 2 is 1.86 bits per heavy atom. The van der Waals surface area contributed by atoms with Gasteiger partial charge in [0, 0.05) is 50.5 Å². The van der Waals surface area contributed by atoms with Gasteiger partial charge in [-0.25, -0.2) is 0 Å². The first-order chi connectivity index (χ1) is 17.2. The maximum Gasteiger partial charge on any atom is 0.255 e.